The van der Waals surface area contributed by atoms with Crippen LogP contribution in [0.15, 0.2) is 39.7 Å². The van der Waals surface area contributed by atoms with Gasteiger partial charge < -0.3 is 14.1 Å². The van der Waals surface area contributed by atoms with E-state index < -0.39 is 0 Å². The standard InChI is InChI=1S/C25H30N4O3/c1-3-5-18-14-19(31-2)15-21-22(18)25(30)32-24(27-21)20-6-4-9-26-23(20)29-12-10-28(11-13-29)16-17-7-8-17/h4,6,9,14-15,17H,3,5,7-8,10-13,16H2,1-2H3. The van der Waals surface area contributed by atoms with E-state index in [9.17, 15) is 4.79 Å². The van der Waals surface area contributed by atoms with Crippen molar-refractivity contribution in [3.8, 4) is 17.2 Å². The molecule has 32 heavy (non-hydrogen) atoms. The first-order valence-electron chi connectivity index (χ1n) is 11.6. The summed E-state index contributed by atoms with van der Waals surface area (Å²) in [4.78, 5) is 27.2. The molecule has 1 aromatic carbocycles. The van der Waals surface area contributed by atoms with Crippen molar-refractivity contribution in [2.24, 2.45) is 5.92 Å². The minimum atomic E-state index is -0.361. The van der Waals surface area contributed by atoms with Crippen molar-refractivity contribution in [3.05, 3.63) is 46.4 Å². The van der Waals surface area contributed by atoms with Crippen molar-refractivity contribution >= 4 is 16.7 Å². The monoisotopic (exact) mass is 434 g/mol. The van der Waals surface area contributed by atoms with Gasteiger partial charge in [0, 0.05) is 45.0 Å². The Labute approximate surface area is 188 Å². The second kappa shape index (κ2) is 8.90. The quantitative estimate of drug-likeness (QED) is 0.561. The normalized spacial score (nSPS) is 17.1. The molecular formula is C25H30N4O3. The van der Waals surface area contributed by atoms with E-state index >= 15 is 0 Å². The van der Waals surface area contributed by atoms with Gasteiger partial charge in [0.2, 0.25) is 5.89 Å². The molecule has 2 fully saturated rings. The number of hydrogen-bond donors (Lipinski definition) is 0. The predicted molar refractivity (Wildman–Crippen MR) is 125 cm³/mol. The Hall–Kier alpha value is -2.93. The van der Waals surface area contributed by atoms with Crippen molar-refractivity contribution in [1.29, 1.82) is 0 Å². The highest BCUT2D eigenvalue weighted by molar-refractivity contribution is 5.84. The second-order valence-electron chi connectivity index (χ2n) is 8.84. The molecule has 1 saturated carbocycles. The van der Waals surface area contributed by atoms with Gasteiger partial charge in [-0.15, -0.1) is 0 Å². The highest BCUT2D eigenvalue weighted by Gasteiger charge is 2.28. The molecule has 7 heteroatoms. The smallest absolute Gasteiger partial charge is 0.347 e. The minimum absolute atomic E-state index is 0.307. The van der Waals surface area contributed by atoms with Crippen LogP contribution in [-0.2, 0) is 6.42 Å². The number of rotatable bonds is 7. The maximum atomic E-state index is 13.0. The molecule has 1 aliphatic carbocycles. The molecule has 2 aliphatic rings. The molecule has 7 nitrogen and oxygen atoms in total. The number of ether oxygens (including phenoxy) is 1. The van der Waals surface area contributed by atoms with E-state index in [1.54, 1.807) is 13.3 Å². The van der Waals surface area contributed by atoms with Gasteiger partial charge in [-0.3, -0.25) is 4.90 Å². The highest BCUT2D eigenvalue weighted by Crippen LogP contribution is 2.32. The Morgan fingerprint density at radius 3 is 2.72 bits per heavy atom. The number of aromatic nitrogens is 2. The van der Waals surface area contributed by atoms with Crippen LogP contribution in [0.3, 0.4) is 0 Å². The van der Waals surface area contributed by atoms with Crippen LogP contribution in [0, 0.1) is 5.92 Å². The summed E-state index contributed by atoms with van der Waals surface area (Å²) in [6, 6.07) is 7.51. The van der Waals surface area contributed by atoms with E-state index in [0.717, 1.165) is 61.9 Å². The minimum Gasteiger partial charge on any atom is -0.497 e. The molecule has 168 valence electrons. The lowest BCUT2D eigenvalue weighted by Crippen LogP contribution is -2.47. The van der Waals surface area contributed by atoms with Gasteiger partial charge in [0.15, 0.2) is 0 Å². The lowest BCUT2D eigenvalue weighted by atomic mass is 10.0. The van der Waals surface area contributed by atoms with Crippen molar-refractivity contribution in [1.82, 2.24) is 14.9 Å². The Morgan fingerprint density at radius 1 is 1.19 bits per heavy atom. The van der Waals surface area contributed by atoms with Crippen LogP contribution >= 0.6 is 0 Å². The lowest BCUT2D eigenvalue weighted by molar-refractivity contribution is 0.247. The molecule has 1 saturated heterocycles. The van der Waals surface area contributed by atoms with Gasteiger partial charge in [0.05, 0.1) is 23.6 Å². The third-order valence-corrected chi connectivity index (χ3v) is 6.45. The number of piperazine rings is 1. The highest BCUT2D eigenvalue weighted by atomic mass is 16.5. The van der Waals surface area contributed by atoms with Crippen molar-refractivity contribution in [2.75, 3.05) is 44.7 Å². The first kappa shape index (κ1) is 20.9. The van der Waals surface area contributed by atoms with Gasteiger partial charge in [0.1, 0.15) is 11.6 Å². The van der Waals surface area contributed by atoms with Crippen LogP contribution in [-0.4, -0.2) is 54.7 Å². The number of pyridine rings is 1. The van der Waals surface area contributed by atoms with Gasteiger partial charge in [0.25, 0.3) is 0 Å². The zero-order valence-electron chi connectivity index (χ0n) is 18.8. The van der Waals surface area contributed by atoms with E-state index in [2.05, 4.69) is 21.7 Å². The molecule has 3 heterocycles. The largest absolute Gasteiger partial charge is 0.497 e. The molecule has 0 unspecified atom stereocenters. The maximum absolute atomic E-state index is 13.0. The Morgan fingerprint density at radius 2 is 2.00 bits per heavy atom. The summed E-state index contributed by atoms with van der Waals surface area (Å²) in [6.07, 6.45) is 6.23. The fraction of sp³-hybridized carbons (Fsp3) is 0.480. The molecule has 0 N–H and O–H groups in total. The van der Waals surface area contributed by atoms with Crippen LogP contribution in [0.5, 0.6) is 5.75 Å². The summed E-state index contributed by atoms with van der Waals surface area (Å²) < 4.78 is 11.2. The fourth-order valence-corrected chi connectivity index (χ4v) is 4.58. The SMILES string of the molecule is CCCc1cc(OC)cc2nc(-c3cccnc3N3CCN(CC4CC4)CC3)oc(=O)c12. The zero-order chi connectivity index (χ0) is 22.1. The van der Waals surface area contributed by atoms with Crippen LogP contribution < -0.4 is 15.3 Å². The molecule has 0 amide bonds. The topological polar surface area (TPSA) is 71.7 Å². The third kappa shape index (κ3) is 4.21. The van der Waals surface area contributed by atoms with Crippen LogP contribution in [0.2, 0.25) is 0 Å². The maximum Gasteiger partial charge on any atom is 0.347 e. The number of methoxy groups -OCH3 is 1. The number of benzene rings is 1. The fourth-order valence-electron chi connectivity index (χ4n) is 4.58. The van der Waals surface area contributed by atoms with Crippen molar-refractivity contribution in [3.63, 3.8) is 0 Å². The van der Waals surface area contributed by atoms with E-state index in [1.807, 2.05) is 24.3 Å². The Kier molecular flexibility index (Phi) is 5.83. The second-order valence-corrected chi connectivity index (χ2v) is 8.84. The molecule has 3 aromatic rings. The van der Waals surface area contributed by atoms with E-state index in [-0.39, 0.29) is 5.63 Å². The number of nitrogens with zero attached hydrogens (tertiary/aromatic N) is 4. The molecule has 1 aliphatic heterocycles. The predicted octanol–water partition coefficient (Wildman–Crippen LogP) is 3.74. The van der Waals surface area contributed by atoms with E-state index in [4.69, 9.17) is 14.1 Å². The summed E-state index contributed by atoms with van der Waals surface area (Å²) in [7, 11) is 1.63. The van der Waals surface area contributed by atoms with Crippen LogP contribution in [0.4, 0.5) is 5.82 Å². The first-order chi connectivity index (χ1) is 15.7. The summed E-state index contributed by atoms with van der Waals surface area (Å²) in [5, 5.41) is 0.538. The van der Waals surface area contributed by atoms with Crippen LogP contribution in [0.25, 0.3) is 22.4 Å². The summed E-state index contributed by atoms with van der Waals surface area (Å²) in [6.45, 7) is 7.16. The molecule has 0 spiro atoms. The van der Waals surface area contributed by atoms with Gasteiger partial charge in [-0.05, 0) is 48.9 Å². The molecule has 2 aromatic heterocycles. The summed E-state index contributed by atoms with van der Waals surface area (Å²) in [5.74, 6) is 2.73. The summed E-state index contributed by atoms with van der Waals surface area (Å²) >= 11 is 0. The average Bonchev–Trinajstić information content (AvgIpc) is 3.63. The van der Waals surface area contributed by atoms with E-state index in [1.165, 1.54) is 19.4 Å². The first-order valence-corrected chi connectivity index (χ1v) is 11.6. The van der Waals surface area contributed by atoms with Gasteiger partial charge >= 0.3 is 5.63 Å². The molecular weight excluding hydrogens is 404 g/mol. The summed E-state index contributed by atoms with van der Waals surface area (Å²) in [5.41, 5.74) is 1.90. The zero-order valence-corrected chi connectivity index (χ0v) is 18.8. The van der Waals surface area contributed by atoms with Crippen LogP contribution in [0.1, 0.15) is 31.7 Å². The average molecular weight is 435 g/mol. The lowest BCUT2D eigenvalue weighted by Gasteiger charge is -2.36. The van der Waals surface area contributed by atoms with E-state index in [0.29, 0.717) is 22.5 Å². The van der Waals surface area contributed by atoms with Crippen molar-refractivity contribution < 1.29 is 9.15 Å². The molecule has 0 radical (unpaired) electrons. The number of anilines is 1. The number of hydrogen-bond acceptors (Lipinski definition) is 7. The van der Waals surface area contributed by atoms with Crippen molar-refractivity contribution in [2.45, 2.75) is 32.6 Å². The third-order valence-electron chi connectivity index (χ3n) is 6.45. The number of fused-ring (bicyclic) bond motifs is 1. The molecule has 0 bridgehead atoms. The van der Waals surface area contributed by atoms with Gasteiger partial charge in [-0.1, -0.05) is 13.3 Å². The molecule has 5 rings (SSSR count). The Balaban J connectivity index is 1.50. The molecule has 0 atom stereocenters. The Bertz CT molecular complexity index is 1160. The van der Waals surface area contributed by atoms with Gasteiger partial charge in [-0.2, -0.15) is 0 Å². The number of aryl methyl sites for hydroxylation is 1. The van der Waals surface area contributed by atoms with Gasteiger partial charge in [-0.25, -0.2) is 14.8 Å².